The van der Waals surface area contributed by atoms with Gasteiger partial charge in [-0.15, -0.1) is 0 Å². The van der Waals surface area contributed by atoms with Crippen molar-refractivity contribution in [2.24, 2.45) is 11.8 Å². The summed E-state index contributed by atoms with van der Waals surface area (Å²) in [6, 6.07) is 11.9. The van der Waals surface area contributed by atoms with Crippen molar-refractivity contribution in [3.05, 3.63) is 87.4 Å². The molecule has 2 fully saturated rings. The minimum atomic E-state index is -1.50. The van der Waals surface area contributed by atoms with Crippen LogP contribution in [0.1, 0.15) is 43.4 Å². The highest BCUT2D eigenvalue weighted by molar-refractivity contribution is 9.11. The van der Waals surface area contributed by atoms with Crippen molar-refractivity contribution in [3.63, 3.8) is 0 Å². The molecule has 4 heterocycles. The summed E-state index contributed by atoms with van der Waals surface area (Å²) in [7, 11) is 0. The molecular formula is C35H37BrClN3O7. The van der Waals surface area contributed by atoms with Crippen LogP contribution in [0.2, 0.25) is 5.02 Å². The van der Waals surface area contributed by atoms with E-state index in [1.165, 1.54) is 9.80 Å². The fourth-order valence-electron chi connectivity index (χ4n) is 7.37. The molecule has 5 bridgehead atoms. The zero-order chi connectivity index (χ0) is 33.5. The number of hydrogen-bond acceptors (Lipinski definition) is 7. The van der Waals surface area contributed by atoms with Crippen molar-refractivity contribution in [2.75, 3.05) is 24.7 Å². The highest BCUT2D eigenvalue weighted by Gasteiger charge is 2.75. The zero-order valence-electron chi connectivity index (χ0n) is 26.1. The van der Waals surface area contributed by atoms with Crippen LogP contribution in [-0.4, -0.2) is 77.2 Å². The van der Waals surface area contributed by atoms with E-state index in [-0.39, 0.29) is 26.2 Å². The first kappa shape index (κ1) is 33.4. The Labute approximate surface area is 286 Å². The van der Waals surface area contributed by atoms with E-state index in [9.17, 15) is 19.5 Å². The number of para-hydroxylation sites is 1. The normalized spacial score (nSPS) is 30.9. The van der Waals surface area contributed by atoms with Crippen molar-refractivity contribution in [1.82, 2.24) is 10.2 Å². The van der Waals surface area contributed by atoms with Crippen molar-refractivity contribution in [3.8, 4) is 0 Å². The molecule has 7 atom stereocenters. The molecule has 0 saturated carbocycles. The third-order valence-electron chi connectivity index (χ3n) is 9.60. The number of anilines is 1. The molecule has 2 N–H and O–H groups in total. The predicted octanol–water partition coefficient (Wildman–Crippen LogP) is 4.38. The number of esters is 1. The van der Waals surface area contributed by atoms with E-state index in [0.29, 0.717) is 28.0 Å². The number of aliphatic hydroxyl groups excluding tert-OH is 1. The molecule has 3 amide bonds. The first-order valence-electron chi connectivity index (χ1n) is 15.8. The number of hydrogen-bond donors (Lipinski definition) is 2. The van der Waals surface area contributed by atoms with Gasteiger partial charge in [-0.1, -0.05) is 89.1 Å². The Morgan fingerprint density at radius 1 is 1.09 bits per heavy atom. The van der Waals surface area contributed by atoms with Gasteiger partial charge in [0.05, 0.1) is 41.2 Å². The van der Waals surface area contributed by atoms with Gasteiger partial charge in [-0.3, -0.25) is 19.2 Å². The Bertz CT molecular complexity index is 1610. The minimum absolute atomic E-state index is 0.0853. The number of allylic oxidation sites excluding steroid dienone is 1. The number of aryl methyl sites for hydroxylation is 1. The van der Waals surface area contributed by atoms with Crippen molar-refractivity contribution in [2.45, 2.75) is 62.9 Å². The van der Waals surface area contributed by atoms with Crippen molar-refractivity contribution in [1.29, 1.82) is 0 Å². The number of halogens is 2. The maximum atomic E-state index is 15.1. The standard InChI is InChI=1S/C35H37BrClN3O7/c1-3-22(18-41)40-31-34(45)39(29-20(2)11-10-14-24(29)37)16-9-5-8-15-26(42)46-19-25(21-12-6-4-7-13-21)38-32(43)27-28(33(40)44)35(31)17-23(36)30(27)47-35/h4-7,9-14,17,22,25,27-28,30-31,41H,3,8,15-16,18-19H2,1-2H3,(H,38,43)/b9-5-/t22-,25-,27-,28+,30-,31-,35+/m0/s1. The van der Waals surface area contributed by atoms with Gasteiger partial charge in [0.1, 0.15) is 24.4 Å². The lowest BCUT2D eigenvalue weighted by molar-refractivity contribution is -0.146. The lowest BCUT2D eigenvalue weighted by atomic mass is 9.74. The molecule has 47 heavy (non-hydrogen) atoms. The SMILES string of the molecule is CC[C@@H](CO)N1C(=O)[C@H]2[C@@H]3C(=O)N[C@H](c4ccccc4)COC(=O)CC/C=C\CN(c4c(C)cccc4Cl)C(=O)[C@H]1[C@@]21C=C(Br)[C@@H]3O1. The topological polar surface area (TPSA) is 125 Å². The van der Waals surface area contributed by atoms with E-state index in [1.54, 1.807) is 30.4 Å². The van der Waals surface area contributed by atoms with Crippen LogP contribution in [0.15, 0.2) is 71.2 Å². The van der Waals surface area contributed by atoms with Crippen LogP contribution in [0.5, 0.6) is 0 Å². The summed E-state index contributed by atoms with van der Waals surface area (Å²) in [5.41, 5.74) is 0.443. The van der Waals surface area contributed by atoms with E-state index in [1.807, 2.05) is 50.2 Å². The second-order valence-electron chi connectivity index (χ2n) is 12.3. The summed E-state index contributed by atoms with van der Waals surface area (Å²) in [5.74, 6) is -3.87. The molecule has 10 nitrogen and oxygen atoms in total. The Morgan fingerprint density at radius 2 is 1.85 bits per heavy atom. The molecule has 0 aromatic heterocycles. The fraction of sp³-hybridized carbons (Fsp3) is 0.429. The number of ether oxygens (including phenoxy) is 2. The van der Waals surface area contributed by atoms with Gasteiger partial charge in [0, 0.05) is 17.4 Å². The number of likely N-dealkylation sites (tertiary alicyclic amines) is 1. The number of carbonyl (C=O) groups is 4. The molecule has 1 spiro atoms. The van der Waals surface area contributed by atoms with Crippen LogP contribution in [0.4, 0.5) is 5.69 Å². The quantitative estimate of drug-likeness (QED) is 0.346. The summed E-state index contributed by atoms with van der Waals surface area (Å²) in [6.07, 6.45) is 5.32. The number of nitrogens with one attached hydrogen (secondary N) is 1. The molecule has 0 radical (unpaired) electrons. The third kappa shape index (κ3) is 5.81. The molecule has 6 rings (SSSR count). The summed E-state index contributed by atoms with van der Waals surface area (Å²) < 4.78 is 12.8. The summed E-state index contributed by atoms with van der Waals surface area (Å²) in [4.78, 5) is 59.6. The first-order chi connectivity index (χ1) is 22.6. The molecule has 248 valence electrons. The van der Waals surface area contributed by atoms with Crippen LogP contribution in [0, 0.1) is 18.8 Å². The highest BCUT2D eigenvalue weighted by Crippen LogP contribution is 2.59. The van der Waals surface area contributed by atoms with Gasteiger partial charge in [0.25, 0.3) is 5.91 Å². The smallest absolute Gasteiger partial charge is 0.306 e. The summed E-state index contributed by atoms with van der Waals surface area (Å²) >= 11 is 10.3. The second kappa shape index (κ2) is 13.5. The van der Waals surface area contributed by atoms with Gasteiger partial charge in [-0.05, 0) is 43.0 Å². The van der Waals surface area contributed by atoms with E-state index in [2.05, 4.69) is 21.2 Å². The van der Waals surface area contributed by atoms with Crippen LogP contribution >= 0.6 is 27.5 Å². The molecule has 2 aromatic rings. The van der Waals surface area contributed by atoms with Crippen LogP contribution < -0.4 is 10.2 Å². The van der Waals surface area contributed by atoms with Gasteiger partial charge in [0.15, 0.2) is 0 Å². The first-order valence-corrected chi connectivity index (χ1v) is 17.0. The Balaban J connectivity index is 1.50. The molecule has 4 aliphatic rings. The number of amides is 3. The van der Waals surface area contributed by atoms with E-state index in [0.717, 1.165) is 11.1 Å². The zero-order valence-corrected chi connectivity index (χ0v) is 28.4. The van der Waals surface area contributed by atoms with Crippen LogP contribution in [0.3, 0.4) is 0 Å². The van der Waals surface area contributed by atoms with E-state index >= 15 is 4.79 Å². The molecular weight excluding hydrogens is 690 g/mol. The summed E-state index contributed by atoms with van der Waals surface area (Å²) in [6.45, 7) is 3.27. The largest absolute Gasteiger partial charge is 0.463 e. The summed E-state index contributed by atoms with van der Waals surface area (Å²) in [5, 5.41) is 13.8. The number of cyclic esters (lactones) is 1. The lowest BCUT2D eigenvalue weighted by Gasteiger charge is -2.39. The molecule has 2 aromatic carbocycles. The number of aliphatic hydroxyl groups is 1. The molecule has 12 heteroatoms. The van der Waals surface area contributed by atoms with E-state index in [4.69, 9.17) is 21.1 Å². The maximum Gasteiger partial charge on any atom is 0.306 e. The number of nitrogens with zero attached hydrogens (tertiary/aromatic N) is 2. The number of rotatable bonds is 5. The van der Waals surface area contributed by atoms with Gasteiger partial charge in [0.2, 0.25) is 11.8 Å². The lowest BCUT2D eigenvalue weighted by Crippen LogP contribution is -2.58. The Kier molecular flexibility index (Phi) is 9.62. The molecule has 0 unspecified atom stereocenters. The molecule has 2 saturated heterocycles. The number of benzene rings is 2. The predicted molar refractivity (Wildman–Crippen MR) is 179 cm³/mol. The number of fused-ring (bicyclic) bond motifs is 2. The molecule has 4 aliphatic heterocycles. The maximum absolute atomic E-state index is 15.1. The van der Waals surface area contributed by atoms with Crippen molar-refractivity contribution < 1.29 is 33.8 Å². The van der Waals surface area contributed by atoms with Crippen molar-refractivity contribution >= 4 is 56.9 Å². The van der Waals surface area contributed by atoms with Gasteiger partial charge in [-0.2, -0.15) is 0 Å². The van der Waals surface area contributed by atoms with Gasteiger partial charge >= 0.3 is 5.97 Å². The minimum Gasteiger partial charge on any atom is -0.463 e. The second-order valence-corrected chi connectivity index (χ2v) is 13.7. The fourth-order valence-corrected chi connectivity index (χ4v) is 8.43. The third-order valence-corrected chi connectivity index (χ3v) is 10.6. The number of carbonyl (C=O) groups excluding carboxylic acids is 4. The van der Waals surface area contributed by atoms with Crippen LogP contribution in [-0.2, 0) is 28.7 Å². The average Bonchev–Trinajstić information content (AvgIpc) is 3.65. The van der Waals surface area contributed by atoms with E-state index < -0.39 is 65.4 Å². The highest BCUT2D eigenvalue weighted by atomic mass is 79.9. The Hall–Kier alpha value is -3.51. The molecule has 0 aliphatic carbocycles. The Morgan fingerprint density at radius 3 is 2.55 bits per heavy atom. The average molecular weight is 727 g/mol. The van der Waals surface area contributed by atoms with Gasteiger partial charge in [-0.25, -0.2) is 0 Å². The van der Waals surface area contributed by atoms with Gasteiger partial charge < -0.3 is 29.7 Å². The monoisotopic (exact) mass is 725 g/mol. The van der Waals surface area contributed by atoms with Crippen LogP contribution in [0.25, 0.3) is 0 Å².